The quantitative estimate of drug-likeness (QED) is 0.683. The molecule has 0 saturated carbocycles. The largest absolute Gasteiger partial charge is 0.490 e. The van der Waals surface area contributed by atoms with Crippen LogP contribution in [0.15, 0.2) is 48.5 Å². The number of benzene rings is 2. The van der Waals surface area contributed by atoms with Gasteiger partial charge in [-0.1, -0.05) is 37.3 Å². The Morgan fingerprint density at radius 2 is 1.88 bits per heavy atom. The Morgan fingerprint density at radius 1 is 1.09 bits per heavy atom. The molecule has 4 rings (SSSR count). The van der Waals surface area contributed by atoms with Gasteiger partial charge in [-0.25, -0.2) is 0 Å². The van der Waals surface area contributed by atoms with Gasteiger partial charge < -0.3 is 25.0 Å². The average molecular weight is 466 g/mol. The fourth-order valence-corrected chi connectivity index (χ4v) is 4.43. The van der Waals surface area contributed by atoms with Crippen molar-refractivity contribution in [3.8, 4) is 5.75 Å². The molecule has 0 unspecified atom stereocenters. The number of hydrogen-bond donors (Lipinski definition) is 2. The Labute approximate surface area is 199 Å². The van der Waals surface area contributed by atoms with Crippen molar-refractivity contribution in [3.05, 3.63) is 59.7 Å². The molecule has 0 spiro atoms. The highest BCUT2D eigenvalue weighted by Gasteiger charge is 2.39. The average Bonchev–Trinajstić information content (AvgIpc) is 2.86. The molecule has 0 radical (unpaired) electrons. The Bertz CT molecular complexity index is 1040. The van der Waals surface area contributed by atoms with Gasteiger partial charge in [-0.05, 0) is 36.6 Å². The molecule has 3 amide bonds. The lowest BCUT2D eigenvalue weighted by Gasteiger charge is -2.42. The highest BCUT2D eigenvalue weighted by molar-refractivity contribution is 5.99. The second kappa shape index (κ2) is 10.7. The maximum atomic E-state index is 13.2. The van der Waals surface area contributed by atoms with Crippen molar-refractivity contribution in [2.24, 2.45) is 0 Å². The van der Waals surface area contributed by atoms with Gasteiger partial charge in [0.15, 0.2) is 0 Å². The molecule has 8 nitrogen and oxygen atoms in total. The Hall–Kier alpha value is -3.39. The summed E-state index contributed by atoms with van der Waals surface area (Å²) in [5.74, 6) is 0.0960. The van der Waals surface area contributed by atoms with E-state index in [0.29, 0.717) is 42.8 Å². The van der Waals surface area contributed by atoms with E-state index in [9.17, 15) is 14.4 Å². The van der Waals surface area contributed by atoms with Crippen LogP contribution < -0.4 is 15.4 Å². The molecule has 2 heterocycles. The van der Waals surface area contributed by atoms with Crippen LogP contribution in [0.3, 0.4) is 0 Å². The molecule has 2 N–H and O–H groups in total. The summed E-state index contributed by atoms with van der Waals surface area (Å²) < 4.78 is 12.2. The minimum atomic E-state index is -0.331. The Morgan fingerprint density at radius 3 is 2.65 bits per heavy atom. The molecule has 2 aliphatic heterocycles. The summed E-state index contributed by atoms with van der Waals surface area (Å²) in [7, 11) is 1.77. The van der Waals surface area contributed by atoms with Crippen molar-refractivity contribution >= 4 is 23.4 Å². The second-order valence-corrected chi connectivity index (χ2v) is 8.75. The van der Waals surface area contributed by atoms with E-state index in [1.165, 1.54) is 0 Å². The first-order chi connectivity index (χ1) is 16.4. The third-order valence-corrected chi connectivity index (χ3v) is 6.36. The molecule has 0 aliphatic carbocycles. The standard InChI is InChI=1S/C26H31N3O5/c1-3-24(30)28-18-9-12-22-20(13-18)26(32)29(2)21-11-10-19(34-23(21)16-33-22)14-25(31)27-15-17-7-5-4-6-8-17/h4-9,12-13,19,21,23H,3,10-11,14-16H2,1-2H3,(H,27,31)(H,28,30)/t19-,21-,23+/m1/s1. The number of ether oxygens (including phenoxy) is 2. The molecule has 2 aromatic carbocycles. The molecule has 1 fully saturated rings. The fraction of sp³-hybridized carbons (Fsp3) is 0.423. The fourth-order valence-electron chi connectivity index (χ4n) is 4.43. The van der Waals surface area contributed by atoms with Crippen LogP contribution in [0, 0.1) is 0 Å². The summed E-state index contributed by atoms with van der Waals surface area (Å²) in [5.41, 5.74) is 2.02. The van der Waals surface area contributed by atoms with Gasteiger partial charge in [0.25, 0.3) is 5.91 Å². The molecule has 0 bridgehead atoms. The monoisotopic (exact) mass is 465 g/mol. The molecular weight excluding hydrogens is 434 g/mol. The predicted octanol–water partition coefficient (Wildman–Crippen LogP) is 3.12. The molecule has 0 aromatic heterocycles. The number of amides is 3. The zero-order valence-electron chi connectivity index (χ0n) is 19.6. The number of hydrogen-bond acceptors (Lipinski definition) is 5. The lowest BCUT2D eigenvalue weighted by atomic mass is 9.94. The van der Waals surface area contributed by atoms with E-state index < -0.39 is 0 Å². The first-order valence-electron chi connectivity index (χ1n) is 11.7. The number of nitrogens with zero attached hydrogens (tertiary/aromatic N) is 1. The Kier molecular flexibility index (Phi) is 7.47. The molecule has 1 saturated heterocycles. The molecule has 2 aromatic rings. The number of anilines is 1. The van der Waals surface area contributed by atoms with Crippen LogP contribution in [0.2, 0.25) is 0 Å². The first-order valence-corrected chi connectivity index (χ1v) is 11.7. The van der Waals surface area contributed by atoms with Gasteiger partial charge in [-0.15, -0.1) is 0 Å². The summed E-state index contributed by atoms with van der Waals surface area (Å²) in [6, 6.07) is 14.7. The van der Waals surface area contributed by atoms with E-state index in [1.807, 2.05) is 30.3 Å². The molecular formula is C26H31N3O5. The van der Waals surface area contributed by atoms with E-state index >= 15 is 0 Å². The SMILES string of the molecule is CCC(=O)Nc1ccc2c(c1)C(=O)N(C)[C@@H]1CC[C@H](CC(=O)NCc3ccccc3)O[C@H]1CO2. The molecule has 2 aliphatic rings. The van der Waals surface area contributed by atoms with Crippen molar-refractivity contribution in [2.75, 3.05) is 19.0 Å². The minimum Gasteiger partial charge on any atom is -0.490 e. The summed E-state index contributed by atoms with van der Waals surface area (Å²) in [6.45, 7) is 2.53. The van der Waals surface area contributed by atoms with Crippen molar-refractivity contribution in [2.45, 2.75) is 57.4 Å². The van der Waals surface area contributed by atoms with Crippen molar-refractivity contribution in [1.29, 1.82) is 0 Å². The molecule has 34 heavy (non-hydrogen) atoms. The third-order valence-electron chi connectivity index (χ3n) is 6.36. The van der Waals surface area contributed by atoms with Crippen LogP contribution in [-0.2, 0) is 20.9 Å². The topological polar surface area (TPSA) is 97.0 Å². The highest BCUT2D eigenvalue weighted by Crippen LogP contribution is 2.32. The van der Waals surface area contributed by atoms with E-state index in [4.69, 9.17) is 9.47 Å². The van der Waals surface area contributed by atoms with E-state index in [-0.39, 0.29) is 49.0 Å². The number of nitrogens with one attached hydrogen (secondary N) is 2. The van der Waals surface area contributed by atoms with Crippen LogP contribution in [0.25, 0.3) is 0 Å². The van der Waals surface area contributed by atoms with Gasteiger partial charge >= 0.3 is 0 Å². The van der Waals surface area contributed by atoms with Crippen LogP contribution >= 0.6 is 0 Å². The van der Waals surface area contributed by atoms with Gasteiger partial charge in [-0.2, -0.15) is 0 Å². The number of rotatable bonds is 6. The second-order valence-electron chi connectivity index (χ2n) is 8.75. The van der Waals surface area contributed by atoms with Crippen LogP contribution in [0.4, 0.5) is 5.69 Å². The summed E-state index contributed by atoms with van der Waals surface area (Å²) in [6.07, 6.45) is 1.46. The van der Waals surface area contributed by atoms with Crippen LogP contribution in [-0.4, -0.2) is 54.5 Å². The minimum absolute atomic E-state index is 0.0597. The molecule has 8 heteroatoms. The van der Waals surface area contributed by atoms with Crippen LogP contribution in [0.5, 0.6) is 5.75 Å². The zero-order chi connectivity index (χ0) is 24.1. The number of fused-ring (bicyclic) bond motifs is 2. The number of likely N-dealkylation sites (N-methyl/N-ethyl adjacent to an activating group) is 1. The van der Waals surface area contributed by atoms with Gasteiger partial charge in [0.05, 0.1) is 24.1 Å². The predicted molar refractivity (Wildman–Crippen MR) is 128 cm³/mol. The van der Waals surface area contributed by atoms with Gasteiger partial charge in [0.1, 0.15) is 18.5 Å². The van der Waals surface area contributed by atoms with E-state index in [2.05, 4.69) is 10.6 Å². The normalized spacial score (nSPS) is 21.9. The first kappa shape index (κ1) is 23.8. The number of carbonyl (C=O) groups excluding carboxylic acids is 3. The van der Waals surface area contributed by atoms with Crippen molar-refractivity contribution in [3.63, 3.8) is 0 Å². The van der Waals surface area contributed by atoms with E-state index in [1.54, 1.807) is 37.1 Å². The summed E-state index contributed by atoms with van der Waals surface area (Å²) in [5, 5.41) is 5.73. The lowest BCUT2D eigenvalue weighted by molar-refractivity contribution is -0.134. The lowest BCUT2D eigenvalue weighted by Crippen LogP contribution is -2.53. The van der Waals surface area contributed by atoms with Gasteiger partial charge in [-0.3, -0.25) is 14.4 Å². The molecule has 3 atom stereocenters. The van der Waals surface area contributed by atoms with Crippen molar-refractivity contribution < 1.29 is 23.9 Å². The molecule has 180 valence electrons. The highest BCUT2D eigenvalue weighted by atomic mass is 16.5. The smallest absolute Gasteiger partial charge is 0.257 e. The van der Waals surface area contributed by atoms with Crippen LogP contribution in [0.1, 0.15) is 48.5 Å². The summed E-state index contributed by atoms with van der Waals surface area (Å²) >= 11 is 0. The number of carbonyl (C=O) groups is 3. The third kappa shape index (κ3) is 5.56. The maximum absolute atomic E-state index is 13.2. The summed E-state index contributed by atoms with van der Waals surface area (Å²) in [4.78, 5) is 39.1. The van der Waals surface area contributed by atoms with Crippen molar-refractivity contribution in [1.82, 2.24) is 10.2 Å². The van der Waals surface area contributed by atoms with E-state index in [0.717, 1.165) is 5.56 Å². The Balaban J connectivity index is 1.39. The zero-order valence-corrected chi connectivity index (χ0v) is 19.6. The van der Waals surface area contributed by atoms with Gasteiger partial charge in [0, 0.05) is 25.7 Å². The van der Waals surface area contributed by atoms with Gasteiger partial charge in [0.2, 0.25) is 11.8 Å². The maximum Gasteiger partial charge on any atom is 0.257 e.